The van der Waals surface area contributed by atoms with E-state index in [0.29, 0.717) is 30.4 Å². The van der Waals surface area contributed by atoms with Gasteiger partial charge >= 0.3 is 5.97 Å². The number of fused-ring (bicyclic) bond motifs is 1. The van der Waals surface area contributed by atoms with E-state index in [-0.39, 0.29) is 10.8 Å². The number of oxime groups is 1. The minimum Gasteiger partial charge on any atom is -0.724 e. The van der Waals surface area contributed by atoms with Crippen LogP contribution in [0.5, 0.6) is 5.75 Å². The van der Waals surface area contributed by atoms with Crippen molar-refractivity contribution in [2.45, 2.75) is 43.7 Å². The number of β-lactam (4-membered cyclic amide) rings is 1. The molecule has 4 heterocycles. The van der Waals surface area contributed by atoms with Crippen molar-refractivity contribution in [3.8, 4) is 5.75 Å². The molecule has 2 saturated heterocycles. The average Bonchev–Trinajstić information content (AvgIpc) is 3.52. The molecule has 0 aliphatic carbocycles. The molecule has 3 aromatic rings. The highest BCUT2D eigenvalue weighted by atomic mass is 32.3. The number of carbonyl (C=O) groups is 3. The van der Waals surface area contributed by atoms with Gasteiger partial charge in [-0.2, -0.15) is 14.0 Å². The lowest BCUT2D eigenvalue weighted by molar-refractivity contribution is -0.732. The summed E-state index contributed by atoms with van der Waals surface area (Å²) in [6.07, 6.45) is 0.126. The van der Waals surface area contributed by atoms with Gasteiger partial charge in [-0.1, -0.05) is 5.16 Å². The Labute approximate surface area is 265 Å². The summed E-state index contributed by atoms with van der Waals surface area (Å²) in [7, 11) is -3.43. The number of nitrogens with one attached hydrogen (secondary N) is 2. The summed E-state index contributed by atoms with van der Waals surface area (Å²) in [5, 5.41) is 31.8. The molecule has 2 aliphatic rings. The van der Waals surface area contributed by atoms with Gasteiger partial charge in [0.25, 0.3) is 17.9 Å². The maximum Gasteiger partial charge on any atom is 0.351 e. The van der Waals surface area contributed by atoms with Gasteiger partial charge in [0.1, 0.15) is 36.2 Å². The molecule has 248 valence electrons. The quantitative estimate of drug-likeness (QED) is 0.0314. The van der Waals surface area contributed by atoms with E-state index in [1.54, 1.807) is 18.2 Å². The number of carboxylic acids is 1. The lowest BCUT2D eigenvalue weighted by Crippen LogP contribution is -2.76. The molecular weight excluding hydrogens is 652 g/mol. The maximum absolute atomic E-state index is 13.2. The summed E-state index contributed by atoms with van der Waals surface area (Å²) in [6, 6.07) is 3.74. The number of nitrogen functional groups attached to an aromatic ring is 1. The number of aromatic nitrogens is 3. The Morgan fingerprint density at radius 1 is 1.37 bits per heavy atom. The van der Waals surface area contributed by atoms with Gasteiger partial charge in [-0.3, -0.25) is 9.59 Å². The standard InChI is InChI=1S/C25H30N8O11S2/c1-24(2)19(21(35)33(24)44-46(39,40)41)29-20(34)18(15-9-45-23(26)28-15)30-43-17(22(36)37)8-42-14-4-5-16-13(6-14)7-32(31(16)3)12-25(38)10-27-11-25/h4-7,9,17,19,27,38H,8,10-12H2,1-3H3,(H4-,26,28,29,34,36,37,39,40,41)/b30-18-/t17-,19+/m0/s1. The van der Waals surface area contributed by atoms with Crippen LogP contribution < -0.4 is 25.8 Å². The number of hydrogen-bond donors (Lipinski definition) is 5. The summed E-state index contributed by atoms with van der Waals surface area (Å²) in [4.78, 5) is 46.9. The Morgan fingerprint density at radius 2 is 2.09 bits per heavy atom. The van der Waals surface area contributed by atoms with Gasteiger partial charge in [0.05, 0.1) is 17.1 Å². The van der Waals surface area contributed by atoms with Crippen LogP contribution in [0, 0.1) is 0 Å². The van der Waals surface area contributed by atoms with E-state index in [9.17, 15) is 37.6 Å². The van der Waals surface area contributed by atoms with Gasteiger partial charge < -0.3 is 40.7 Å². The van der Waals surface area contributed by atoms with Crippen LogP contribution in [-0.2, 0) is 47.5 Å². The highest BCUT2D eigenvalue weighted by Crippen LogP contribution is 2.33. The van der Waals surface area contributed by atoms with Gasteiger partial charge in [0.15, 0.2) is 17.9 Å². The first-order valence-corrected chi connectivity index (χ1v) is 15.7. The second-order valence-corrected chi connectivity index (χ2v) is 13.1. The van der Waals surface area contributed by atoms with E-state index < -0.39 is 63.8 Å². The highest BCUT2D eigenvalue weighted by molar-refractivity contribution is 7.80. The van der Waals surface area contributed by atoms with Crippen LogP contribution in [0.25, 0.3) is 10.9 Å². The molecule has 0 radical (unpaired) electrons. The van der Waals surface area contributed by atoms with Gasteiger partial charge in [-0.05, 0) is 26.0 Å². The zero-order valence-corrected chi connectivity index (χ0v) is 26.2. The number of ether oxygens (including phenoxy) is 1. The molecule has 2 fully saturated rings. The van der Waals surface area contributed by atoms with Gasteiger partial charge in [-0.15, -0.1) is 16.0 Å². The first kappa shape index (κ1) is 33.0. The Balaban J connectivity index is 1.29. The van der Waals surface area contributed by atoms with Crippen LogP contribution in [0.15, 0.2) is 34.9 Å². The molecule has 0 unspecified atom stereocenters. The van der Waals surface area contributed by atoms with E-state index in [2.05, 4.69) is 25.1 Å². The van der Waals surface area contributed by atoms with Gasteiger partial charge in [0.2, 0.25) is 15.9 Å². The molecular formula is C25H30N8O11S2. The summed E-state index contributed by atoms with van der Waals surface area (Å²) in [5.41, 5.74) is 3.56. The molecule has 2 amide bonds. The number of aliphatic carboxylic acids is 1. The molecule has 2 aliphatic heterocycles. The Bertz CT molecular complexity index is 1830. The number of nitrogens with two attached hydrogens (primary N) is 1. The number of carboxylic acid groups (broad SMARTS) is 1. The van der Waals surface area contributed by atoms with Gasteiger partial charge in [-0.25, -0.2) is 18.2 Å². The predicted molar refractivity (Wildman–Crippen MR) is 156 cm³/mol. The number of β-amino-alcohol motifs (C(OH)–C–C–N with tert-alkyl or cyclic N) is 1. The first-order valence-electron chi connectivity index (χ1n) is 13.5. The molecule has 2 aromatic heterocycles. The molecule has 1 aromatic carbocycles. The number of carbonyl (C=O) groups excluding carboxylic acids is 2. The van der Waals surface area contributed by atoms with Crippen LogP contribution in [0.2, 0.25) is 0 Å². The fourth-order valence-corrected chi connectivity index (χ4v) is 5.83. The smallest absolute Gasteiger partial charge is 0.351 e. The van der Waals surface area contributed by atoms with E-state index in [4.69, 9.17) is 15.3 Å². The van der Waals surface area contributed by atoms with Crippen LogP contribution >= 0.6 is 11.3 Å². The highest BCUT2D eigenvalue weighted by Gasteiger charge is 2.57. The number of amides is 2. The topological polar surface area (TPSA) is 264 Å². The summed E-state index contributed by atoms with van der Waals surface area (Å²) in [5.74, 6) is -3.24. The van der Waals surface area contributed by atoms with Crippen molar-refractivity contribution in [1.82, 2.24) is 25.4 Å². The number of rotatable bonds is 13. The van der Waals surface area contributed by atoms with Crippen molar-refractivity contribution < 1.29 is 56.1 Å². The third-order valence-corrected chi connectivity index (χ3v) is 8.44. The third-order valence-electron chi connectivity index (χ3n) is 7.43. The number of aliphatic hydroxyl groups is 1. The van der Waals surface area contributed by atoms with Crippen molar-refractivity contribution in [3.05, 3.63) is 35.5 Å². The molecule has 0 spiro atoms. The lowest BCUT2D eigenvalue weighted by atomic mass is 9.84. The molecule has 19 nitrogen and oxygen atoms in total. The zero-order chi connectivity index (χ0) is 33.6. The second kappa shape index (κ2) is 12.1. The molecule has 6 N–H and O–H groups in total. The molecule has 5 rings (SSSR count). The van der Waals surface area contributed by atoms with Crippen molar-refractivity contribution >= 4 is 61.3 Å². The van der Waals surface area contributed by atoms with Crippen molar-refractivity contribution in [3.63, 3.8) is 0 Å². The first-order chi connectivity index (χ1) is 21.5. The van der Waals surface area contributed by atoms with E-state index in [1.165, 1.54) is 19.2 Å². The zero-order valence-electron chi connectivity index (χ0n) is 24.6. The number of aryl methyl sites for hydroxylation is 1. The lowest BCUT2D eigenvalue weighted by Gasteiger charge is -2.51. The van der Waals surface area contributed by atoms with E-state index in [1.807, 2.05) is 22.6 Å². The SMILES string of the molecule is C[n+]1c2ccc(OC[C@H](O/N=C(\C(=O)N[C@@H]3C(=O)N(OS(=O)(=O)[O-])C3(C)C)c3csc(N)n3)C(=O)O)cc2cn1CC1(O)CNC1. The Kier molecular flexibility index (Phi) is 8.65. The molecule has 46 heavy (non-hydrogen) atoms. The summed E-state index contributed by atoms with van der Waals surface area (Å²) >= 11 is 0.947. The van der Waals surface area contributed by atoms with E-state index in [0.717, 1.165) is 22.2 Å². The average molecular weight is 683 g/mol. The fourth-order valence-electron chi connectivity index (χ4n) is 4.84. The second-order valence-electron chi connectivity index (χ2n) is 11.2. The van der Waals surface area contributed by atoms with Crippen LogP contribution in [0.3, 0.4) is 0 Å². The normalized spacial score (nSPS) is 19.7. The van der Waals surface area contributed by atoms with Crippen LogP contribution in [-0.4, -0.2) is 104 Å². The number of nitrogens with zero attached hydrogens (tertiary/aromatic N) is 5. The van der Waals surface area contributed by atoms with Gasteiger partial charge in [0, 0.05) is 24.5 Å². The molecule has 2 atom stereocenters. The Morgan fingerprint density at radius 3 is 2.65 bits per heavy atom. The van der Waals surface area contributed by atoms with Crippen molar-refractivity contribution in [2.75, 3.05) is 25.4 Å². The minimum absolute atomic E-state index is 0.0463. The largest absolute Gasteiger partial charge is 0.724 e. The monoisotopic (exact) mass is 682 g/mol. The van der Waals surface area contributed by atoms with Crippen molar-refractivity contribution in [2.24, 2.45) is 12.2 Å². The number of anilines is 1. The minimum atomic E-state index is -5.27. The molecule has 0 bridgehead atoms. The maximum atomic E-state index is 13.2. The third kappa shape index (κ3) is 6.73. The molecule has 21 heteroatoms. The van der Waals surface area contributed by atoms with Crippen molar-refractivity contribution in [1.29, 1.82) is 0 Å². The predicted octanol–water partition coefficient (Wildman–Crippen LogP) is -2.41. The number of hydrogen-bond acceptors (Lipinski definition) is 15. The summed E-state index contributed by atoms with van der Waals surface area (Å²) in [6.45, 7) is 3.46. The van der Waals surface area contributed by atoms with Crippen LogP contribution in [0.1, 0.15) is 19.5 Å². The number of hydroxylamine groups is 2. The molecule has 0 saturated carbocycles. The summed E-state index contributed by atoms with van der Waals surface area (Å²) < 4.78 is 46.5. The van der Waals surface area contributed by atoms with E-state index >= 15 is 0 Å². The fraction of sp³-hybridized carbons (Fsp3) is 0.440. The Hall–Kier alpha value is -4.41. The number of thiazole rings is 1. The number of benzene rings is 1. The van der Waals surface area contributed by atoms with Crippen LogP contribution in [0.4, 0.5) is 5.13 Å².